The Morgan fingerprint density at radius 1 is 1.17 bits per heavy atom. The summed E-state index contributed by atoms with van der Waals surface area (Å²) in [4.78, 5) is 42.3. The zero-order chi connectivity index (χ0) is 20.9. The molecule has 2 fully saturated rings. The van der Waals surface area contributed by atoms with Gasteiger partial charge in [0.2, 0.25) is 5.91 Å². The highest BCUT2D eigenvalue weighted by Gasteiger charge is 2.32. The smallest absolute Gasteiger partial charge is 0.414 e. The third-order valence-electron chi connectivity index (χ3n) is 5.20. The molecule has 1 atom stereocenters. The Bertz CT molecular complexity index is 870. The van der Waals surface area contributed by atoms with E-state index in [0.29, 0.717) is 18.8 Å². The molecule has 158 valence electrons. The third kappa shape index (κ3) is 4.82. The maximum absolute atomic E-state index is 12.1. The maximum atomic E-state index is 12.1. The fourth-order valence-corrected chi connectivity index (χ4v) is 3.60. The van der Waals surface area contributed by atoms with Gasteiger partial charge in [-0.3, -0.25) is 24.6 Å². The second-order valence-electron chi connectivity index (χ2n) is 7.39. The summed E-state index contributed by atoms with van der Waals surface area (Å²) >= 11 is 0. The highest BCUT2D eigenvalue weighted by molar-refractivity contribution is 5.89. The second-order valence-corrected chi connectivity index (χ2v) is 7.39. The van der Waals surface area contributed by atoms with Crippen molar-refractivity contribution < 1.29 is 14.3 Å². The van der Waals surface area contributed by atoms with Gasteiger partial charge in [-0.05, 0) is 12.1 Å². The van der Waals surface area contributed by atoms with Gasteiger partial charge in [-0.25, -0.2) is 9.78 Å². The quantitative estimate of drug-likeness (QED) is 0.739. The minimum Gasteiger partial charge on any atom is -0.442 e. The van der Waals surface area contributed by atoms with Crippen LogP contribution in [-0.2, 0) is 16.1 Å². The van der Waals surface area contributed by atoms with Crippen LogP contribution >= 0.6 is 0 Å². The largest absolute Gasteiger partial charge is 0.442 e. The van der Waals surface area contributed by atoms with Crippen LogP contribution in [0.2, 0.25) is 0 Å². The van der Waals surface area contributed by atoms with E-state index in [1.54, 1.807) is 29.7 Å². The van der Waals surface area contributed by atoms with Crippen LogP contribution < -0.4 is 15.1 Å². The first-order valence-electron chi connectivity index (χ1n) is 9.99. The predicted octanol–water partition coefficient (Wildman–Crippen LogP) is 0.655. The summed E-state index contributed by atoms with van der Waals surface area (Å²) in [7, 11) is 0. The van der Waals surface area contributed by atoms with Gasteiger partial charge < -0.3 is 15.0 Å². The van der Waals surface area contributed by atoms with E-state index in [4.69, 9.17) is 4.74 Å². The monoisotopic (exact) mass is 411 g/mol. The van der Waals surface area contributed by atoms with Crippen LogP contribution in [-0.4, -0.2) is 77.2 Å². The first kappa shape index (κ1) is 20.0. The average molecular weight is 411 g/mol. The molecule has 0 radical (unpaired) electrons. The number of cyclic esters (lactones) is 1. The van der Waals surface area contributed by atoms with Gasteiger partial charge in [0.05, 0.1) is 30.7 Å². The van der Waals surface area contributed by atoms with Crippen molar-refractivity contribution in [3.8, 4) is 0 Å². The minimum atomic E-state index is -0.419. The topological polar surface area (TPSA) is 104 Å². The van der Waals surface area contributed by atoms with Crippen molar-refractivity contribution in [2.24, 2.45) is 0 Å². The molecule has 0 bridgehead atoms. The number of carbonyl (C=O) groups is 2. The number of hydrogen-bond donors (Lipinski definition) is 1. The summed E-state index contributed by atoms with van der Waals surface area (Å²) in [6.45, 7) is 6.52. The molecule has 4 rings (SSSR count). The summed E-state index contributed by atoms with van der Waals surface area (Å²) in [6.07, 6.45) is 6.12. The van der Waals surface area contributed by atoms with Gasteiger partial charge in [-0.2, -0.15) is 0 Å². The Hall–Kier alpha value is -3.27. The van der Waals surface area contributed by atoms with Crippen LogP contribution in [0.25, 0.3) is 0 Å². The van der Waals surface area contributed by atoms with E-state index in [1.807, 2.05) is 12.1 Å². The first-order chi connectivity index (χ1) is 14.6. The number of hydrogen-bond acceptors (Lipinski definition) is 8. The zero-order valence-electron chi connectivity index (χ0n) is 16.9. The molecule has 2 aliphatic rings. The lowest BCUT2D eigenvalue weighted by Gasteiger charge is -2.35. The Kier molecular flexibility index (Phi) is 6.03. The Morgan fingerprint density at radius 3 is 2.67 bits per heavy atom. The van der Waals surface area contributed by atoms with Crippen molar-refractivity contribution in [1.29, 1.82) is 0 Å². The standard InChI is InChI=1S/C20H25N7O3/c1-15(28)23-12-18-14-27(20(29)30-18)17-2-3-19(24-11-17)26-8-6-25(7-9-26)13-16-10-21-4-5-22-16/h2-5,10-11,18H,6-9,12-14H2,1H3,(H,23,28)/t18-/m0/s1. The van der Waals surface area contributed by atoms with E-state index >= 15 is 0 Å². The number of nitrogens with zero attached hydrogens (tertiary/aromatic N) is 6. The van der Waals surface area contributed by atoms with Gasteiger partial charge in [0.25, 0.3) is 0 Å². The molecule has 1 N–H and O–H groups in total. The molecule has 0 aliphatic carbocycles. The van der Waals surface area contributed by atoms with E-state index in [9.17, 15) is 9.59 Å². The highest BCUT2D eigenvalue weighted by atomic mass is 16.6. The Balaban J connectivity index is 1.30. The average Bonchev–Trinajstić information content (AvgIpc) is 3.14. The van der Waals surface area contributed by atoms with Crippen LogP contribution in [0.4, 0.5) is 16.3 Å². The van der Waals surface area contributed by atoms with Crippen LogP contribution in [0.3, 0.4) is 0 Å². The molecule has 0 saturated carbocycles. The number of amides is 2. The summed E-state index contributed by atoms with van der Waals surface area (Å²) in [5.74, 6) is 0.743. The zero-order valence-corrected chi connectivity index (χ0v) is 16.9. The van der Waals surface area contributed by atoms with E-state index in [-0.39, 0.29) is 12.0 Å². The minimum absolute atomic E-state index is 0.146. The molecule has 0 spiro atoms. The van der Waals surface area contributed by atoms with Crippen LogP contribution in [0.15, 0.2) is 36.9 Å². The number of rotatable bonds is 6. The van der Waals surface area contributed by atoms with Crippen molar-refractivity contribution in [3.63, 3.8) is 0 Å². The van der Waals surface area contributed by atoms with Crippen molar-refractivity contribution >= 4 is 23.5 Å². The predicted molar refractivity (Wildman–Crippen MR) is 110 cm³/mol. The number of aromatic nitrogens is 3. The van der Waals surface area contributed by atoms with Gasteiger partial charge in [-0.1, -0.05) is 0 Å². The molecule has 0 unspecified atom stereocenters. The van der Waals surface area contributed by atoms with Crippen molar-refractivity contribution in [3.05, 3.63) is 42.6 Å². The van der Waals surface area contributed by atoms with E-state index in [0.717, 1.165) is 44.2 Å². The molecular formula is C20H25N7O3. The fourth-order valence-electron chi connectivity index (χ4n) is 3.60. The number of piperazine rings is 1. The fraction of sp³-hybridized carbons (Fsp3) is 0.450. The summed E-state index contributed by atoms with van der Waals surface area (Å²) in [5.41, 5.74) is 1.66. The molecule has 2 saturated heterocycles. The summed E-state index contributed by atoms with van der Waals surface area (Å²) < 4.78 is 5.30. The molecule has 2 amide bonds. The normalized spacial score (nSPS) is 19.6. The van der Waals surface area contributed by atoms with E-state index < -0.39 is 6.09 Å². The summed E-state index contributed by atoms with van der Waals surface area (Å²) in [6, 6.07) is 3.82. The van der Waals surface area contributed by atoms with Gasteiger partial charge in [0.1, 0.15) is 11.9 Å². The van der Waals surface area contributed by atoms with Crippen molar-refractivity contribution in [2.75, 3.05) is 49.1 Å². The molecule has 30 heavy (non-hydrogen) atoms. The number of pyridine rings is 1. The first-order valence-corrected chi connectivity index (χ1v) is 9.99. The van der Waals surface area contributed by atoms with Crippen molar-refractivity contribution in [1.82, 2.24) is 25.2 Å². The highest BCUT2D eigenvalue weighted by Crippen LogP contribution is 2.23. The van der Waals surface area contributed by atoms with Crippen LogP contribution in [0, 0.1) is 0 Å². The summed E-state index contributed by atoms with van der Waals surface area (Å²) in [5, 5.41) is 2.67. The lowest BCUT2D eigenvalue weighted by atomic mass is 10.2. The number of ether oxygens (including phenoxy) is 1. The van der Waals surface area contributed by atoms with E-state index in [2.05, 4.69) is 30.1 Å². The molecular weight excluding hydrogens is 386 g/mol. The van der Waals surface area contributed by atoms with Crippen LogP contribution in [0.1, 0.15) is 12.6 Å². The molecule has 10 heteroatoms. The lowest BCUT2D eigenvalue weighted by molar-refractivity contribution is -0.119. The van der Waals surface area contributed by atoms with Gasteiger partial charge in [0.15, 0.2) is 0 Å². The van der Waals surface area contributed by atoms with Gasteiger partial charge in [0, 0.05) is 58.2 Å². The third-order valence-corrected chi connectivity index (χ3v) is 5.20. The number of anilines is 2. The Labute approximate surface area is 174 Å². The van der Waals surface area contributed by atoms with Gasteiger partial charge >= 0.3 is 6.09 Å². The van der Waals surface area contributed by atoms with Gasteiger partial charge in [-0.15, -0.1) is 0 Å². The van der Waals surface area contributed by atoms with Crippen molar-refractivity contribution in [2.45, 2.75) is 19.6 Å². The van der Waals surface area contributed by atoms with Crippen LogP contribution in [0.5, 0.6) is 0 Å². The molecule has 10 nitrogen and oxygen atoms in total. The lowest BCUT2D eigenvalue weighted by Crippen LogP contribution is -2.46. The maximum Gasteiger partial charge on any atom is 0.414 e. The molecule has 2 aromatic heterocycles. The molecule has 4 heterocycles. The molecule has 2 aliphatic heterocycles. The SMILES string of the molecule is CC(=O)NC[C@H]1CN(c2ccc(N3CCN(Cc4cnccn4)CC3)nc2)C(=O)O1. The Morgan fingerprint density at radius 2 is 2.00 bits per heavy atom. The van der Waals surface area contributed by atoms with E-state index in [1.165, 1.54) is 6.92 Å². The molecule has 2 aromatic rings. The molecule has 0 aromatic carbocycles. The number of nitrogens with one attached hydrogen (secondary N) is 1. The second kappa shape index (κ2) is 9.04. The number of carbonyl (C=O) groups excluding carboxylic acids is 2.